The topological polar surface area (TPSA) is 428 Å². The van der Waals surface area contributed by atoms with Crippen molar-refractivity contribution in [3.8, 4) is 0 Å². The Morgan fingerprint density at radius 1 is 0.712 bits per heavy atom. The van der Waals surface area contributed by atoms with Gasteiger partial charge in [-0.05, 0) is 19.4 Å². The first-order valence-electron chi connectivity index (χ1n) is 16.6. The van der Waals surface area contributed by atoms with Crippen molar-refractivity contribution in [2.24, 2.45) is 22.9 Å². The van der Waals surface area contributed by atoms with Crippen molar-refractivity contribution in [3.63, 3.8) is 0 Å². The predicted molar refractivity (Wildman–Crippen MR) is 165 cm³/mol. The fraction of sp³-hybridized carbons (Fsp3) is 0.929. The number of rotatable bonds is 13. The molecule has 3 saturated heterocycles. The van der Waals surface area contributed by atoms with Crippen molar-refractivity contribution in [3.05, 3.63) is 0 Å². The van der Waals surface area contributed by atoms with Crippen LogP contribution >= 0.6 is 0 Å². The summed E-state index contributed by atoms with van der Waals surface area (Å²) in [5.74, 6) is -2.71. The van der Waals surface area contributed by atoms with Crippen LogP contribution in [0.25, 0.3) is 0 Å². The molecule has 4 rings (SSSR count). The zero-order valence-electron chi connectivity index (χ0n) is 27.7. The van der Waals surface area contributed by atoms with Crippen LogP contribution in [0.2, 0.25) is 0 Å². The summed E-state index contributed by atoms with van der Waals surface area (Å²) in [7, 11) is 0. The molecule has 24 nitrogen and oxygen atoms in total. The molecule has 24 heteroatoms. The van der Waals surface area contributed by atoms with Crippen molar-refractivity contribution >= 4 is 11.9 Å². The van der Waals surface area contributed by atoms with E-state index in [1.165, 1.54) is 0 Å². The Balaban J connectivity index is 1.59. The van der Waals surface area contributed by atoms with Crippen molar-refractivity contribution in [2.45, 2.75) is 141 Å². The Hall–Kier alpha value is -1.86. The third-order valence-corrected chi connectivity index (χ3v) is 9.60. The van der Waals surface area contributed by atoms with Gasteiger partial charge in [0.1, 0.15) is 85.5 Å². The van der Waals surface area contributed by atoms with Crippen molar-refractivity contribution in [2.75, 3.05) is 19.7 Å². The number of ether oxygens (including phenoxy) is 6. The summed E-state index contributed by atoms with van der Waals surface area (Å²) >= 11 is 0. The Morgan fingerprint density at radius 3 is 1.88 bits per heavy atom. The van der Waals surface area contributed by atoms with Crippen molar-refractivity contribution in [1.82, 2.24) is 5.32 Å². The van der Waals surface area contributed by atoms with Gasteiger partial charge in [0.05, 0.1) is 18.7 Å². The molecule has 1 amide bonds. The quantitative estimate of drug-likeness (QED) is 0.0828. The van der Waals surface area contributed by atoms with E-state index in [-0.39, 0.29) is 25.9 Å². The van der Waals surface area contributed by atoms with Gasteiger partial charge < -0.3 is 113 Å². The van der Waals surface area contributed by atoms with Gasteiger partial charge in [0.25, 0.3) is 0 Å². The lowest BCUT2D eigenvalue weighted by molar-refractivity contribution is -0.332. The van der Waals surface area contributed by atoms with Crippen molar-refractivity contribution < 1.29 is 94.2 Å². The van der Waals surface area contributed by atoms with E-state index < -0.39 is 147 Å². The zero-order valence-corrected chi connectivity index (χ0v) is 27.7. The molecule has 4 fully saturated rings. The maximum absolute atomic E-state index is 13.7. The van der Waals surface area contributed by atoms with Gasteiger partial charge in [-0.3, -0.25) is 4.79 Å². The summed E-state index contributed by atoms with van der Waals surface area (Å²) in [6.07, 6.45) is -31.9. The fourth-order valence-electron chi connectivity index (χ4n) is 6.51. The molecule has 52 heavy (non-hydrogen) atoms. The first-order chi connectivity index (χ1) is 24.5. The number of nitrogens with two attached hydrogens (primary N) is 4. The van der Waals surface area contributed by atoms with E-state index in [1.807, 2.05) is 0 Å². The highest BCUT2D eigenvalue weighted by Crippen LogP contribution is 2.32. The van der Waals surface area contributed by atoms with Gasteiger partial charge in [-0.15, -0.1) is 0 Å². The summed E-state index contributed by atoms with van der Waals surface area (Å²) < 4.78 is 33.4. The number of hydrogen-bond donors (Lipinski definition) is 16. The van der Waals surface area contributed by atoms with E-state index >= 15 is 0 Å². The van der Waals surface area contributed by atoms with E-state index in [4.69, 9.17) is 51.4 Å². The van der Waals surface area contributed by atoms with Gasteiger partial charge in [0.2, 0.25) is 5.91 Å². The van der Waals surface area contributed by atoms with Crippen LogP contribution in [0.1, 0.15) is 12.8 Å². The highest BCUT2D eigenvalue weighted by atomic mass is 16.7. The van der Waals surface area contributed by atoms with Crippen LogP contribution in [0.15, 0.2) is 0 Å². The summed E-state index contributed by atoms with van der Waals surface area (Å²) in [5.41, 5.74) is 23.5. The second-order valence-corrected chi connectivity index (χ2v) is 13.2. The standard InChI is InChI=1S/C28H51N5O19/c29-2-1-8(47-27-19(42)16(39)17(40)23(52-27)25(45)46)24(44)33-7-3-6(31)21(50-28-18(41)15(38)13(36)9(4-30)48-28)20(43)22(7)51-26-14(37)11(32)12(35)10(5-34)49-26/h6-23,26-28,34-43H,1-5,29-32H2,(H,33,44)(H,45,46)/t6-,7+,8-,9+,10+,11-,12+,13+,14+,15-,16?,17?,18+,19?,20-,21+,22-,23?,26+,27?,28+/m0/s1. The van der Waals surface area contributed by atoms with Crippen LogP contribution in [0.3, 0.4) is 0 Å². The molecule has 21 atom stereocenters. The lowest BCUT2D eigenvalue weighted by Gasteiger charge is -2.49. The largest absolute Gasteiger partial charge is 0.479 e. The number of carbonyl (C=O) groups excluding carboxylic acids is 1. The molecule has 0 bridgehead atoms. The smallest absolute Gasteiger partial charge is 0.335 e. The first kappa shape index (κ1) is 42.9. The highest BCUT2D eigenvalue weighted by Gasteiger charge is 2.53. The van der Waals surface area contributed by atoms with Gasteiger partial charge in [-0.25, -0.2) is 4.79 Å². The number of aliphatic hydroxyl groups excluding tert-OH is 10. The molecule has 302 valence electrons. The molecule has 1 aliphatic carbocycles. The molecule has 4 aliphatic rings. The summed E-state index contributed by atoms with van der Waals surface area (Å²) in [4.78, 5) is 25.2. The van der Waals surface area contributed by atoms with Gasteiger partial charge in [0.15, 0.2) is 25.0 Å². The number of carboxylic acids is 1. The third-order valence-electron chi connectivity index (χ3n) is 9.60. The molecule has 0 radical (unpaired) electrons. The van der Waals surface area contributed by atoms with Gasteiger partial charge in [0, 0.05) is 12.6 Å². The van der Waals surface area contributed by atoms with E-state index in [9.17, 15) is 65.8 Å². The zero-order chi connectivity index (χ0) is 38.8. The van der Waals surface area contributed by atoms with Gasteiger partial charge in [-0.1, -0.05) is 0 Å². The maximum Gasteiger partial charge on any atom is 0.335 e. The van der Waals surface area contributed by atoms with Gasteiger partial charge in [-0.2, -0.15) is 0 Å². The Morgan fingerprint density at radius 2 is 1.29 bits per heavy atom. The number of carboxylic acid groups (broad SMARTS) is 1. The van der Waals surface area contributed by atoms with Crippen LogP contribution < -0.4 is 28.3 Å². The summed E-state index contributed by atoms with van der Waals surface area (Å²) in [6, 6.07) is -3.96. The van der Waals surface area contributed by atoms with Crippen LogP contribution in [0.5, 0.6) is 0 Å². The van der Waals surface area contributed by atoms with Gasteiger partial charge >= 0.3 is 5.97 Å². The molecule has 0 aromatic carbocycles. The molecule has 20 N–H and O–H groups in total. The number of aliphatic hydroxyl groups is 10. The molecule has 0 aromatic heterocycles. The minimum Gasteiger partial charge on any atom is -0.479 e. The molecule has 3 aliphatic heterocycles. The van der Waals surface area contributed by atoms with Crippen LogP contribution in [0, 0.1) is 0 Å². The van der Waals surface area contributed by atoms with E-state index in [0.29, 0.717) is 0 Å². The van der Waals surface area contributed by atoms with E-state index in [2.05, 4.69) is 5.32 Å². The summed E-state index contributed by atoms with van der Waals surface area (Å²) in [5, 5.41) is 116. The first-order valence-corrected chi connectivity index (χ1v) is 16.6. The van der Waals surface area contributed by atoms with Crippen LogP contribution in [-0.4, -0.2) is 216 Å². The number of hydrogen-bond acceptors (Lipinski definition) is 22. The Kier molecular flexibility index (Phi) is 15.0. The normalized spacial score (nSPS) is 47.8. The second kappa shape index (κ2) is 18.2. The molecule has 5 unspecified atom stereocenters. The number of amides is 1. The maximum atomic E-state index is 13.7. The number of aliphatic carboxylic acids is 1. The average molecular weight is 762 g/mol. The molecular formula is C28H51N5O19. The van der Waals surface area contributed by atoms with Crippen LogP contribution in [-0.2, 0) is 38.0 Å². The fourth-order valence-corrected chi connectivity index (χ4v) is 6.51. The number of nitrogens with one attached hydrogen (secondary N) is 1. The molecular weight excluding hydrogens is 710 g/mol. The van der Waals surface area contributed by atoms with Crippen LogP contribution in [0.4, 0.5) is 0 Å². The molecule has 1 saturated carbocycles. The number of carbonyl (C=O) groups is 2. The monoisotopic (exact) mass is 761 g/mol. The Labute approximate surface area is 295 Å². The molecule has 3 heterocycles. The molecule has 0 spiro atoms. The SMILES string of the molecule is NCC[C@H](OC1OC(C(=O)O)C(O)C(O)C1O)C(=O)N[C@@H]1C[C@H](N)[C@@H](O[C@H]2O[C@H](CN)[C@@H](O)[C@H](O)[C@H]2O)[C@H](O)[C@H]1O[C@H]1O[C@H](CO)[C@@H](O)[C@H](N)[C@H]1O. The van der Waals surface area contributed by atoms with E-state index in [0.717, 1.165) is 0 Å². The van der Waals surface area contributed by atoms with Crippen molar-refractivity contribution in [1.29, 1.82) is 0 Å². The molecule has 0 aromatic rings. The Bertz CT molecular complexity index is 1180. The highest BCUT2D eigenvalue weighted by molar-refractivity contribution is 5.81. The minimum absolute atomic E-state index is 0.212. The lowest BCUT2D eigenvalue weighted by atomic mass is 9.83. The second-order valence-electron chi connectivity index (χ2n) is 13.2. The third kappa shape index (κ3) is 8.98. The minimum atomic E-state index is -2.05. The predicted octanol–water partition coefficient (Wildman–Crippen LogP) is -10.5. The summed E-state index contributed by atoms with van der Waals surface area (Å²) in [6.45, 7) is -1.28. The lowest BCUT2D eigenvalue weighted by Crippen LogP contribution is -2.69. The average Bonchev–Trinajstić information content (AvgIpc) is 3.11. The van der Waals surface area contributed by atoms with E-state index in [1.54, 1.807) is 0 Å².